The highest BCUT2D eigenvalue weighted by molar-refractivity contribution is 7.89. The van der Waals surface area contributed by atoms with Gasteiger partial charge in [0.05, 0.1) is 15.1 Å². The summed E-state index contributed by atoms with van der Waals surface area (Å²) in [7, 11) is -4.33. The number of aromatic nitrogens is 2. The number of hydrogen-bond donors (Lipinski definition) is 1. The molecule has 2 aromatic heterocycles. The van der Waals surface area contributed by atoms with E-state index in [2.05, 4.69) is 9.97 Å². The van der Waals surface area contributed by atoms with Crippen LogP contribution in [0.15, 0.2) is 59.8 Å². The zero-order valence-corrected chi connectivity index (χ0v) is 18.7. The maximum absolute atomic E-state index is 12.5. The van der Waals surface area contributed by atoms with E-state index in [0.717, 1.165) is 31.9 Å². The Labute approximate surface area is 187 Å². The molecular weight excluding hydrogens is 459 g/mol. The SMILES string of the molecule is Cc1cc(C)c(S(=O)(=O)NCC(F)(F)F)cc1-c1ccc2nc(-c3cccnc3)sc2c1. The zero-order valence-electron chi connectivity index (χ0n) is 17.1. The van der Waals surface area contributed by atoms with E-state index < -0.39 is 22.7 Å². The maximum Gasteiger partial charge on any atom is 0.402 e. The quantitative estimate of drug-likeness (QED) is 0.413. The molecule has 0 atom stereocenters. The van der Waals surface area contributed by atoms with Crippen LogP contribution in [0.4, 0.5) is 13.2 Å². The lowest BCUT2D eigenvalue weighted by atomic mass is 9.98. The van der Waals surface area contributed by atoms with Gasteiger partial charge in [0.15, 0.2) is 0 Å². The Bertz CT molecular complexity index is 1400. The van der Waals surface area contributed by atoms with Gasteiger partial charge in [-0.2, -0.15) is 13.2 Å². The minimum absolute atomic E-state index is 0.178. The molecule has 0 aliphatic carbocycles. The molecule has 0 saturated carbocycles. The van der Waals surface area contributed by atoms with Crippen LogP contribution in [0.25, 0.3) is 31.9 Å². The first kappa shape index (κ1) is 22.4. The predicted molar refractivity (Wildman–Crippen MR) is 119 cm³/mol. The van der Waals surface area contributed by atoms with Gasteiger partial charge in [-0.3, -0.25) is 4.98 Å². The number of sulfonamides is 1. The van der Waals surface area contributed by atoms with Crippen molar-refractivity contribution in [3.8, 4) is 21.7 Å². The summed E-state index contributed by atoms with van der Waals surface area (Å²) in [6.07, 6.45) is -1.23. The number of nitrogens with zero attached hydrogens (tertiary/aromatic N) is 2. The number of halogens is 3. The Morgan fingerprint density at radius 3 is 2.50 bits per heavy atom. The molecule has 0 unspecified atom stereocenters. The number of thiazole rings is 1. The van der Waals surface area contributed by atoms with E-state index in [1.54, 1.807) is 30.1 Å². The van der Waals surface area contributed by atoms with Crippen LogP contribution in [0.5, 0.6) is 0 Å². The van der Waals surface area contributed by atoms with Crippen molar-refractivity contribution in [2.24, 2.45) is 0 Å². The lowest BCUT2D eigenvalue weighted by Crippen LogP contribution is -2.34. The minimum atomic E-state index is -4.64. The van der Waals surface area contributed by atoms with Crippen LogP contribution in [-0.4, -0.2) is 31.1 Å². The van der Waals surface area contributed by atoms with Crippen molar-refractivity contribution in [1.29, 1.82) is 0 Å². The largest absolute Gasteiger partial charge is 0.402 e. The van der Waals surface area contributed by atoms with E-state index in [1.807, 2.05) is 37.3 Å². The van der Waals surface area contributed by atoms with Gasteiger partial charge in [0.2, 0.25) is 10.0 Å². The van der Waals surface area contributed by atoms with Crippen LogP contribution in [0.1, 0.15) is 11.1 Å². The average Bonchev–Trinajstić information content (AvgIpc) is 3.16. The van der Waals surface area contributed by atoms with Gasteiger partial charge in [0.1, 0.15) is 11.6 Å². The van der Waals surface area contributed by atoms with E-state index >= 15 is 0 Å². The van der Waals surface area contributed by atoms with Gasteiger partial charge in [-0.25, -0.2) is 18.1 Å². The second kappa shape index (κ2) is 8.27. The first-order valence-corrected chi connectivity index (χ1v) is 11.8. The molecule has 4 rings (SSSR count). The average molecular weight is 478 g/mol. The van der Waals surface area contributed by atoms with E-state index in [4.69, 9.17) is 0 Å². The van der Waals surface area contributed by atoms with Gasteiger partial charge in [-0.05, 0) is 66.4 Å². The molecule has 0 aliphatic rings. The molecule has 2 aromatic carbocycles. The molecule has 10 heteroatoms. The number of nitrogens with one attached hydrogen (secondary N) is 1. The summed E-state index contributed by atoms with van der Waals surface area (Å²) in [6.45, 7) is 1.77. The highest BCUT2D eigenvalue weighted by Gasteiger charge is 2.30. The van der Waals surface area contributed by atoms with Crippen molar-refractivity contribution in [1.82, 2.24) is 14.7 Å². The molecule has 2 heterocycles. The minimum Gasteiger partial charge on any atom is -0.264 e. The van der Waals surface area contributed by atoms with E-state index in [9.17, 15) is 21.6 Å². The number of aryl methyl sites for hydroxylation is 2. The third-order valence-electron chi connectivity index (χ3n) is 4.88. The van der Waals surface area contributed by atoms with Crippen molar-refractivity contribution in [2.75, 3.05) is 6.54 Å². The molecule has 0 amide bonds. The van der Waals surface area contributed by atoms with E-state index in [-0.39, 0.29) is 4.90 Å². The number of benzene rings is 2. The van der Waals surface area contributed by atoms with Crippen LogP contribution in [-0.2, 0) is 10.0 Å². The predicted octanol–water partition coefficient (Wildman–Crippen LogP) is 5.48. The molecule has 166 valence electrons. The topological polar surface area (TPSA) is 72.0 Å². The molecule has 32 heavy (non-hydrogen) atoms. The molecule has 4 aromatic rings. The second-order valence-corrected chi connectivity index (χ2v) is 10.1. The molecule has 0 spiro atoms. The number of pyridine rings is 1. The van der Waals surface area contributed by atoms with Crippen molar-refractivity contribution in [3.63, 3.8) is 0 Å². The van der Waals surface area contributed by atoms with Crippen LogP contribution in [0.2, 0.25) is 0 Å². The fraction of sp³-hybridized carbons (Fsp3) is 0.182. The van der Waals surface area contributed by atoms with Gasteiger partial charge in [-0.1, -0.05) is 12.1 Å². The molecule has 0 aliphatic heterocycles. The molecule has 5 nitrogen and oxygen atoms in total. The Morgan fingerprint density at radius 2 is 1.81 bits per heavy atom. The first-order chi connectivity index (χ1) is 15.0. The molecule has 0 saturated heterocycles. The number of rotatable bonds is 5. The first-order valence-electron chi connectivity index (χ1n) is 9.52. The number of alkyl halides is 3. The molecule has 0 bridgehead atoms. The number of hydrogen-bond acceptors (Lipinski definition) is 5. The van der Waals surface area contributed by atoms with Gasteiger partial charge in [-0.15, -0.1) is 11.3 Å². The standard InChI is InChI=1S/C22H18F3N3O2S2/c1-13-8-14(2)20(32(29,30)27-12-22(23,24)25)10-17(13)15-5-6-18-19(9-15)31-21(28-18)16-4-3-7-26-11-16/h3-11,27H,12H2,1-2H3. The van der Waals surface area contributed by atoms with Gasteiger partial charge >= 0.3 is 6.18 Å². The van der Waals surface area contributed by atoms with Crippen molar-refractivity contribution >= 4 is 31.6 Å². The summed E-state index contributed by atoms with van der Waals surface area (Å²) in [5.41, 5.74) is 4.25. The Morgan fingerprint density at radius 1 is 1.03 bits per heavy atom. The number of fused-ring (bicyclic) bond motifs is 1. The van der Waals surface area contributed by atoms with Crippen LogP contribution in [0.3, 0.4) is 0 Å². The lowest BCUT2D eigenvalue weighted by Gasteiger charge is -2.15. The van der Waals surface area contributed by atoms with Gasteiger partial charge in [0, 0.05) is 18.0 Å². The summed E-state index contributed by atoms with van der Waals surface area (Å²) in [5, 5.41) is 0.811. The van der Waals surface area contributed by atoms with Crippen LogP contribution < -0.4 is 4.72 Å². The van der Waals surface area contributed by atoms with E-state index in [1.165, 1.54) is 17.4 Å². The van der Waals surface area contributed by atoms with Gasteiger partial charge < -0.3 is 0 Å². The Hall–Kier alpha value is -2.82. The van der Waals surface area contributed by atoms with Crippen LogP contribution >= 0.6 is 11.3 Å². The van der Waals surface area contributed by atoms with Crippen molar-refractivity contribution in [3.05, 3.63) is 66.0 Å². The maximum atomic E-state index is 12.5. The van der Waals surface area contributed by atoms with Crippen LogP contribution in [0, 0.1) is 13.8 Å². The van der Waals surface area contributed by atoms with Crippen molar-refractivity contribution in [2.45, 2.75) is 24.9 Å². The Balaban J connectivity index is 1.75. The highest BCUT2D eigenvalue weighted by atomic mass is 32.2. The third kappa shape index (κ3) is 4.67. The fourth-order valence-electron chi connectivity index (χ4n) is 3.39. The summed E-state index contributed by atoms with van der Waals surface area (Å²) >= 11 is 1.48. The lowest BCUT2D eigenvalue weighted by molar-refractivity contribution is -0.121. The summed E-state index contributed by atoms with van der Waals surface area (Å²) < 4.78 is 65.3. The molecular formula is C22H18F3N3O2S2. The van der Waals surface area contributed by atoms with Crippen molar-refractivity contribution < 1.29 is 21.6 Å². The smallest absolute Gasteiger partial charge is 0.264 e. The Kier molecular flexibility index (Phi) is 5.78. The normalized spacial score (nSPS) is 12.4. The second-order valence-electron chi connectivity index (χ2n) is 7.32. The van der Waals surface area contributed by atoms with E-state index in [0.29, 0.717) is 11.1 Å². The summed E-state index contributed by atoms with van der Waals surface area (Å²) in [6, 6.07) is 12.4. The monoisotopic (exact) mass is 477 g/mol. The molecule has 0 fully saturated rings. The van der Waals surface area contributed by atoms with Gasteiger partial charge in [0.25, 0.3) is 0 Å². The zero-order chi connectivity index (χ0) is 23.1. The highest BCUT2D eigenvalue weighted by Crippen LogP contribution is 2.35. The molecule has 1 N–H and O–H groups in total. The third-order valence-corrected chi connectivity index (χ3v) is 7.49. The summed E-state index contributed by atoms with van der Waals surface area (Å²) in [5.74, 6) is 0. The fourth-order valence-corrected chi connectivity index (χ4v) is 5.65. The molecule has 0 radical (unpaired) electrons. The summed E-state index contributed by atoms with van der Waals surface area (Å²) in [4.78, 5) is 8.56.